The van der Waals surface area contributed by atoms with Crippen molar-refractivity contribution in [3.05, 3.63) is 29.8 Å². The molecule has 2 aliphatic heterocycles. The number of fused-ring (bicyclic) bond motifs is 1. The maximum absolute atomic E-state index is 3.76. The predicted molar refractivity (Wildman–Crippen MR) is 96.6 cm³/mol. The topological polar surface area (TPSA) is 15.3 Å². The number of likely N-dealkylation sites (tertiary alicyclic amines) is 1. The van der Waals surface area contributed by atoms with Crippen molar-refractivity contribution >= 4 is 11.8 Å². The SMILES string of the molecule is CC(C)CCNC1CCN(C2CCSc3ccccc32)CC1. The molecule has 1 unspecified atom stereocenters. The molecule has 0 saturated carbocycles. The Labute approximate surface area is 140 Å². The molecule has 0 spiro atoms. The van der Waals surface area contributed by atoms with Gasteiger partial charge in [-0.1, -0.05) is 32.0 Å². The van der Waals surface area contributed by atoms with Gasteiger partial charge in [-0.2, -0.15) is 0 Å². The molecule has 1 N–H and O–H groups in total. The molecule has 3 rings (SSSR count). The van der Waals surface area contributed by atoms with Gasteiger partial charge < -0.3 is 5.32 Å². The summed E-state index contributed by atoms with van der Waals surface area (Å²) in [7, 11) is 0. The van der Waals surface area contributed by atoms with Gasteiger partial charge in [0.2, 0.25) is 0 Å². The van der Waals surface area contributed by atoms with Crippen LogP contribution >= 0.6 is 11.8 Å². The summed E-state index contributed by atoms with van der Waals surface area (Å²) in [6.45, 7) is 8.31. The third-order valence-electron chi connectivity index (χ3n) is 5.05. The minimum absolute atomic E-state index is 0.661. The molecule has 1 atom stereocenters. The lowest BCUT2D eigenvalue weighted by Gasteiger charge is -2.40. The van der Waals surface area contributed by atoms with E-state index >= 15 is 0 Å². The first-order valence-electron chi connectivity index (χ1n) is 8.93. The third kappa shape index (κ3) is 4.06. The lowest BCUT2D eigenvalue weighted by molar-refractivity contribution is 0.137. The number of benzene rings is 1. The number of hydrogen-bond donors (Lipinski definition) is 1. The Morgan fingerprint density at radius 2 is 1.95 bits per heavy atom. The molecule has 2 nitrogen and oxygen atoms in total. The zero-order valence-electron chi connectivity index (χ0n) is 14.1. The highest BCUT2D eigenvalue weighted by atomic mass is 32.2. The van der Waals surface area contributed by atoms with E-state index < -0.39 is 0 Å². The fourth-order valence-corrected chi connectivity index (χ4v) is 4.80. The maximum atomic E-state index is 3.76. The first-order chi connectivity index (χ1) is 10.7. The Kier molecular flexibility index (Phi) is 5.83. The second-order valence-corrected chi connectivity index (χ2v) is 8.27. The van der Waals surface area contributed by atoms with E-state index in [1.807, 2.05) is 11.8 Å². The number of rotatable bonds is 5. The maximum Gasteiger partial charge on any atom is 0.0367 e. The number of piperidine rings is 1. The van der Waals surface area contributed by atoms with Crippen molar-refractivity contribution in [1.82, 2.24) is 10.2 Å². The Morgan fingerprint density at radius 1 is 1.18 bits per heavy atom. The molecular weight excluding hydrogens is 288 g/mol. The third-order valence-corrected chi connectivity index (χ3v) is 6.17. The Balaban J connectivity index is 1.52. The van der Waals surface area contributed by atoms with Crippen LogP contribution in [0.5, 0.6) is 0 Å². The number of hydrogen-bond acceptors (Lipinski definition) is 3. The summed E-state index contributed by atoms with van der Waals surface area (Å²) in [5.74, 6) is 2.08. The van der Waals surface area contributed by atoms with Gasteiger partial charge in [0.1, 0.15) is 0 Å². The summed E-state index contributed by atoms with van der Waals surface area (Å²) in [6, 6.07) is 10.4. The van der Waals surface area contributed by atoms with Gasteiger partial charge in [-0.3, -0.25) is 4.90 Å². The van der Waals surface area contributed by atoms with E-state index in [4.69, 9.17) is 0 Å². The van der Waals surface area contributed by atoms with Crippen LogP contribution in [0.15, 0.2) is 29.2 Å². The molecule has 0 amide bonds. The van der Waals surface area contributed by atoms with Gasteiger partial charge >= 0.3 is 0 Å². The van der Waals surface area contributed by atoms with Gasteiger partial charge in [0.15, 0.2) is 0 Å². The molecule has 22 heavy (non-hydrogen) atoms. The van der Waals surface area contributed by atoms with E-state index in [0.29, 0.717) is 6.04 Å². The van der Waals surface area contributed by atoms with Crippen LogP contribution in [-0.2, 0) is 0 Å². The molecule has 2 aliphatic rings. The van der Waals surface area contributed by atoms with Gasteiger partial charge in [0, 0.05) is 30.1 Å². The molecule has 2 heterocycles. The summed E-state index contributed by atoms with van der Waals surface area (Å²) in [4.78, 5) is 4.25. The average molecular weight is 319 g/mol. The minimum atomic E-state index is 0.661. The van der Waals surface area contributed by atoms with Crippen LogP contribution < -0.4 is 5.32 Å². The summed E-state index contributed by atoms with van der Waals surface area (Å²) in [6.07, 6.45) is 5.23. The highest BCUT2D eigenvalue weighted by Gasteiger charge is 2.29. The molecule has 0 aromatic heterocycles. The van der Waals surface area contributed by atoms with Crippen LogP contribution in [-0.4, -0.2) is 36.3 Å². The zero-order valence-corrected chi connectivity index (χ0v) is 14.9. The van der Waals surface area contributed by atoms with E-state index in [2.05, 4.69) is 48.3 Å². The molecular formula is C19H30N2S. The fourth-order valence-electron chi connectivity index (χ4n) is 3.69. The van der Waals surface area contributed by atoms with Crippen LogP contribution in [0.25, 0.3) is 0 Å². The van der Waals surface area contributed by atoms with Crippen LogP contribution in [0.2, 0.25) is 0 Å². The molecule has 3 heteroatoms. The quantitative estimate of drug-likeness (QED) is 0.870. The van der Waals surface area contributed by atoms with Crippen molar-refractivity contribution in [2.75, 3.05) is 25.4 Å². The van der Waals surface area contributed by atoms with E-state index in [0.717, 1.165) is 12.0 Å². The summed E-state index contributed by atoms with van der Waals surface area (Å²) >= 11 is 2.03. The van der Waals surface area contributed by atoms with Gasteiger partial charge in [-0.25, -0.2) is 0 Å². The van der Waals surface area contributed by atoms with Crippen molar-refractivity contribution in [2.24, 2.45) is 5.92 Å². The second kappa shape index (κ2) is 7.85. The molecule has 0 bridgehead atoms. The van der Waals surface area contributed by atoms with Crippen LogP contribution in [0.1, 0.15) is 51.1 Å². The monoisotopic (exact) mass is 318 g/mol. The van der Waals surface area contributed by atoms with E-state index in [-0.39, 0.29) is 0 Å². The smallest absolute Gasteiger partial charge is 0.0367 e. The summed E-state index contributed by atoms with van der Waals surface area (Å²) < 4.78 is 0. The first kappa shape index (κ1) is 16.4. The molecule has 122 valence electrons. The van der Waals surface area contributed by atoms with Gasteiger partial charge in [0.25, 0.3) is 0 Å². The lowest BCUT2D eigenvalue weighted by atomic mass is 9.97. The standard InChI is InChI=1S/C19H30N2S/c1-15(2)7-11-20-16-8-12-21(13-9-16)18-10-14-22-19-6-4-3-5-17(18)19/h3-6,15-16,18,20H,7-14H2,1-2H3. The first-order valence-corrected chi connectivity index (χ1v) is 9.91. The normalized spacial score (nSPS) is 23.7. The number of nitrogens with zero attached hydrogens (tertiary/aromatic N) is 1. The predicted octanol–water partition coefficient (Wildman–Crippen LogP) is 4.32. The summed E-state index contributed by atoms with van der Waals surface area (Å²) in [5, 5.41) is 3.76. The summed E-state index contributed by atoms with van der Waals surface area (Å²) in [5.41, 5.74) is 1.57. The van der Waals surface area contributed by atoms with Gasteiger partial charge in [0.05, 0.1) is 0 Å². The van der Waals surface area contributed by atoms with Crippen LogP contribution in [0.4, 0.5) is 0 Å². The zero-order chi connectivity index (χ0) is 15.4. The van der Waals surface area contributed by atoms with Crippen molar-refractivity contribution in [1.29, 1.82) is 0 Å². The Hall–Kier alpha value is -0.510. The van der Waals surface area contributed by atoms with Crippen LogP contribution in [0, 0.1) is 5.92 Å². The Morgan fingerprint density at radius 3 is 2.73 bits per heavy atom. The molecule has 1 aromatic rings. The molecule has 1 aromatic carbocycles. The molecule has 0 aliphatic carbocycles. The number of thioether (sulfide) groups is 1. The van der Waals surface area contributed by atoms with E-state index in [1.165, 1.54) is 56.0 Å². The highest BCUT2D eigenvalue weighted by molar-refractivity contribution is 7.99. The largest absolute Gasteiger partial charge is 0.314 e. The highest BCUT2D eigenvalue weighted by Crippen LogP contribution is 2.39. The molecule has 0 radical (unpaired) electrons. The van der Waals surface area contributed by atoms with Crippen molar-refractivity contribution in [3.8, 4) is 0 Å². The van der Waals surface area contributed by atoms with Crippen molar-refractivity contribution < 1.29 is 0 Å². The number of nitrogens with one attached hydrogen (secondary N) is 1. The second-order valence-electron chi connectivity index (χ2n) is 7.14. The average Bonchev–Trinajstić information content (AvgIpc) is 2.55. The van der Waals surface area contributed by atoms with E-state index in [1.54, 1.807) is 5.56 Å². The fraction of sp³-hybridized carbons (Fsp3) is 0.684. The van der Waals surface area contributed by atoms with Crippen molar-refractivity contribution in [3.63, 3.8) is 0 Å². The lowest BCUT2D eigenvalue weighted by Crippen LogP contribution is -2.44. The van der Waals surface area contributed by atoms with Gasteiger partial charge in [-0.15, -0.1) is 11.8 Å². The molecule has 1 saturated heterocycles. The minimum Gasteiger partial charge on any atom is -0.314 e. The van der Waals surface area contributed by atoms with Crippen LogP contribution in [0.3, 0.4) is 0 Å². The van der Waals surface area contributed by atoms with Gasteiger partial charge in [-0.05, 0) is 55.5 Å². The van der Waals surface area contributed by atoms with Crippen molar-refractivity contribution in [2.45, 2.75) is 56.5 Å². The Bertz CT molecular complexity index is 466. The molecule has 1 fully saturated rings. The van der Waals surface area contributed by atoms with E-state index in [9.17, 15) is 0 Å².